The second-order valence-electron chi connectivity index (χ2n) is 7.62. The van der Waals surface area contributed by atoms with Gasteiger partial charge in [-0.3, -0.25) is 4.79 Å². The van der Waals surface area contributed by atoms with Gasteiger partial charge in [-0.25, -0.2) is 9.98 Å². The third kappa shape index (κ3) is 4.08. The number of allylic oxidation sites excluding steroid dienone is 1. The number of carbonyl (C=O) groups is 1. The highest BCUT2D eigenvalue weighted by molar-refractivity contribution is 5.94. The van der Waals surface area contributed by atoms with Gasteiger partial charge >= 0.3 is 0 Å². The molecule has 7 heteroatoms. The maximum atomic E-state index is 12.6. The van der Waals surface area contributed by atoms with E-state index in [1.54, 1.807) is 26.0 Å². The van der Waals surface area contributed by atoms with E-state index in [1.165, 1.54) is 0 Å². The van der Waals surface area contributed by atoms with Crippen molar-refractivity contribution in [2.24, 2.45) is 21.8 Å². The molecule has 29 heavy (non-hydrogen) atoms. The smallest absolute Gasteiger partial charge is 0.224 e. The number of aliphatic hydroxyl groups excluding tert-OH is 1. The minimum Gasteiger partial charge on any atom is -0.390 e. The predicted octanol–water partition coefficient (Wildman–Crippen LogP) is 2.92. The molecule has 0 radical (unpaired) electrons. The van der Waals surface area contributed by atoms with Crippen molar-refractivity contribution < 1.29 is 9.90 Å². The Morgan fingerprint density at radius 1 is 1.48 bits per heavy atom. The molecule has 0 spiro atoms. The maximum Gasteiger partial charge on any atom is 0.224 e. The Labute approximate surface area is 171 Å². The average molecular weight is 393 g/mol. The summed E-state index contributed by atoms with van der Waals surface area (Å²) in [5.74, 6) is 0.846. The molecule has 0 bridgehead atoms. The SMILES string of the molecule is C=N/C(=N\C(=C/C)CO)N[C@H]1c2cc(C#N)ccc2N(C(C)=O)[C@@H](C2CC2)[C@@H]1C. The number of amides is 1. The van der Waals surface area contributed by atoms with Gasteiger partial charge in [0.1, 0.15) is 0 Å². The number of benzene rings is 1. The Morgan fingerprint density at radius 2 is 2.21 bits per heavy atom. The molecular weight excluding hydrogens is 366 g/mol. The summed E-state index contributed by atoms with van der Waals surface area (Å²) in [6, 6.07) is 7.48. The summed E-state index contributed by atoms with van der Waals surface area (Å²) in [7, 11) is 0. The van der Waals surface area contributed by atoms with Crippen LogP contribution in [0.4, 0.5) is 5.69 Å². The molecule has 0 aromatic heterocycles. The number of anilines is 1. The number of aliphatic hydroxyl groups is 1. The molecule has 1 aromatic rings. The number of aliphatic imine (C=N–C) groups is 2. The molecule has 2 N–H and O–H groups in total. The molecule has 1 fully saturated rings. The second kappa shape index (κ2) is 8.58. The van der Waals surface area contributed by atoms with Crippen LogP contribution in [0, 0.1) is 23.2 Å². The lowest BCUT2D eigenvalue weighted by atomic mass is 9.79. The Bertz CT molecular complexity index is 910. The molecule has 2 aliphatic rings. The lowest BCUT2D eigenvalue weighted by Gasteiger charge is -2.45. The molecule has 0 saturated heterocycles. The van der Waals surface area contributed by atoms with Crippen LogP contribution in [0.2, 0.25) is 0 Å². The van der Waals surface area contributed by atoms with Gasteiger partial charge in [-0.15, -0.1) is 0 Å². The van der Waals surface area contributed by atoms with E-state index < -0.39 is 0 Å². The van der Waals surface area contributed by atoms with Crippen LogP contribution in [0.3, 0.4) is 0 Å². The number of fused-ring (bicyclic) bond motifs is 1. The van der Waals surface area contributed by atoms with Crippen LogP contribution in [-0.2, 0) is 4.79 Å². The Balaban J connectivity index is 2.10. The van der Waals surface area contributed by atoms with Crippen molar-refractivity contribution in [1.82, 2.24) is 5.32 Å². The zero-order chi connectivity index (χ0) is 21.1. The van der Waals surface area contributed by atoms with Crippen molar-refractivity contribution in [2.75, 3.05) is 11.5 Å². The van der Waals surface area contributed by atoms with E-state index in [2.05, 4.69) is 35.0 Å². The van der Waals surface area contributed by atoms with E-state index >= 15 is 0 Å². The van der Waals surface area contributed by atoms with Crippen LogP contribution >= 0.6 is 0 Å². The summed E-state index contributed by atoms with van der Waals surface area (Å²) in [6.45, 7) is 8.90. The maximum absolute atomic E-state index is 12.6. The van der Waals surface area contributed by atoms with Crippen LogP contribution in [-0.4, -0.2) is 36.3 Å². The van der Waals surface area contributed by atoms with Crippen LogP contribution in [0.15, 0.2) is 40.0 Å². The number of nitriles is 1. The number of hydrogen-bond donors (Lipinski definition) is 2. The standard InChI is InChI=1S/C22H27N5O2/c1-5-17(12-28)25-22(24-4)26-20-13(2)21(16-7-8-16)27(14(3)29)19-9-6-15(11-23)10-18(19)20/h5-6,9-10,13,16,20-21,28H,4,7-8,12H2,1-3H3,(H,25,26)/b17-5-/t13-,20-,21-/m1/s1. The number of guanidine groups is 1. The van der Waals surface area contributed by atoms with Crippen molar-refractivity contribution in [2.45, 2.75) is 45.7 Å². The molecule has 7 nitrogen and oxygen atoms in total. The number of carbonyl (C=O) groups excluding carboxylic acids is 1. The van der Waals surface area contributed by atoms with Crippen molar-refractivity contribution >= 4 is 24.3 Å². The van der Waals surface area contributed by atoms with E-state index in [0.717, 1.165) is 24.1 Å². The molecule has 1 amide bonds. The number of rotatable bonds is 4. The van der Waals surface area contributed by atoms with Crippen LogP contribution < -0.4 is 10.2 Å². The zero-order valence-corrected chi connectivity index (χ0v) is 17.1. The number of nitrogens with zero attached hydrogens (tertiary/aromatic N) is 4. The minimum atomic E-state index is -0.199. The monoisotopic (exact) mass is 393 g/mol. The molecule has 1 aromatic carbocycles. The van der Waals surface area contributed by atoms with Crippen molar-refractivity contribution in [3.63, 3.8) is 0 Å². The van der Waals surface area contributed by atoms with Gasteiger partial charge in [-0.1, -0.05) is 13.0 Å². The topological polar surface area (TPSA) is 101 Å². The molecule has 152 valence electrons. The molecule has 3 atom stereocenters. The lowest BCUT2D eigenvalue weighted by molar-refractivity contribution is -0.117. The number of nitrogens with one attached hydrogen (secondary N) is 1. The molecule has 1 aliphatic heterocycles. The summed E-state index contributed by atoms with van der Waals surface area (Å²) in [4.78, 5) is 22.8. The Morgan fingerprint density at radius 3 is 2.72 bits per heavy atom. The predicted molar refractivity (Wildman–Crippen MR) is 114 cm³/mol. The largest absolute Gasteiger partial charge is 0.390 e. The van der Waals surface area contributed by atoms with E-state index in [-0.39, 0.29) is 30.5 Å². The molecule has 1 heterocycles. The van der Waals surface area contributed by atoms with E-state index in [1.807, 2.05) is 17.0 Å². The second-order valence-corrected chi connectivity index (χ2v) is 7.62. The molecule has 3 rings (SSSR count). The summed E-state index contributed by atoms with van der Waals surface area (Å²) in [5.41, 5.74) is 2.70. The first kappa shape index (κ1) is 20.7. The van der Waals surface area contributed by atoms with Gasteiger partial charge < -0.3 is 15.3 Å². The van der Waals surface area contributed by atoms with Gasteiger partial charge in [-0.05, 0) is 56.2 Å². The quantitative estimate of drug-likeness (QED) is 0.607. The normalized spacial score (nSPS) is 24.5. The minimum absolute atomic E-state index is 0.00498. The van der Waals surface area contributed by atoms with Gasteiger partial charge in [0, 0.05) is 24.6 Å². The van der Waals surface area contributed by atoms with Crippen LogP contribution in [0.1, 0.15) is 50.8 Å². The first-order valence-electron chi connectivity index (χ1n) is 9.87. The highest BCUT2D eigenvalue weighted by Gasteiger charge is 2.47. The number of hydrogen-bond acceptors (Lipinski definition) is 4. The molecule has 0 unspecified atom stereocenters. The zero-order valence-electron chi connectivity index (χ0n) is 17.1. The summed E-state index contributed by atoms with van der Waals surface area (Å²) in [6.07, 6.45) is 3.92. The van der Waals surface area contributed by atoms with Crippen molar-refractivity contribution in [3.8, 4) is 6.07 Å². The summed E-state index contributed by atoms with van der Waals surface area (Å²) < 4.78 is 0. The van der Waals surface area contributed by atoms with Crippen molar-refractivity contribution in [3.05, 3.63) is 41.1 Å². The third-order valence-electron chi connectivity index (χ3n) is 5.74. The van der Waals surface area contributed by atoms with E-state index in [0.29, 0.717) is 23.1 Å². The van der Waals surface area contributed by atoms with Crippen LogP contribution in [0.5, 0.6) is 0 Å². The first-order valence-corrected chi connectivity index (χ1v) is 9.87. The van der Waals surface area contributed by atoms with E-state index in [4.69, 9.17) is 0 Å². The van der Waals surface area contributed by atoms with Crippen LogP contribution in [0.25, 0.3) is 0 Å². The molecular formula is C22H27N5O2. The Kier molecular flexibility index (Phi) is 6.14. The third-order valence-corrected chi connectivity index (χ3v) is 5.74. The van der Waals surface area contributed by atoms with Gasteiger partial charge in [0.15, 0.2) is 0 Å². The summed E-state index contributed by atoms with van der Waals surface area (Å²) in [5, 5.41) is 22.2. The van der Waals surface area contributed by atoms with Gasteiger partial charge in [0.25, 0.3) is 0 Å². The average Bonchev–Trinajstić information content (AvgIpc) is 3.56. The Hall–Kier alpha value is -2.98. The molecule has 1 saturated carbocycles. The van der Waals surface area contributed by atoms with Gasteiger partial charge in [0.2, 0.25) is 11.9 Å². The lowest BCUT2D eigenvalue weighted by Crippen LogP contribution is -2.53. The first-order chi connectivity index (χ1) is 13.9. The fourth-order valence-corrected chi connectivity index (χ4v) is 4.21. The van der Waals surface area contributed by atoms with Crippen molar-refractivity contribution in [1.29, 1.82) is 5.26 Å². The molecule has 1 aliphatic carbocycles. The highest BCUT2D eigenvalue weighted by atomic mass is 16.3. The van der Waals surface area contributed by atoms with Gasteiger partial charge in [0.05, 0.1) is 30.0 Å². The fourth-order valence-electron chi connectivity index (χ4n) is 4.21. The van der Waals surface area contributed by atoms with Gasteiger partial charge in [-0.2, -0.15) is 5.26 Å². The summed E-state index contributed by atoms with van der Waals surface area (Å²) >= 11 is 0. The fraction of sp³-hybridized carbons (Fsp3) is 0.455. The van der Waals surface area contributed by atoms with E-state index in [9.17, 15) is 15.2 Å². The highest BCUT2D eigenvalue weighted by Crippen LogP contribution is 2.49.